The maximum absolute atomic E-state index is 14.7. The number of likely N-dealkylation sites (N-methyl/N-ethyl adjacent to an activating group) is 2. The highest BCUT2D eigenvalue weighted by Crippen LogP contribution is 2.44. The molecule has 1 saturated heterocycles. The van der Waals surface area contributed by atoms with Crippen LogP contribution >= 0.6 is 0 Å². The SMILES string of the molecule is CCC(C)c1ncc(N2CCN(C)CC2)cc1-c1c(CC(C)(C)COC=O)c2cc(-c3cnc(CC(C=O)NC(=O)C(C(C)C)N(C)C=O)o3)ccc2n1CC(F)(F)F. The molecule has 0 spiro atoms. The van der Waals surface area contributed by atoms with Crippen LogP contribution in [-0.4, -0.2) is 115 Å². The Balaban J connectivity index is 1.66. The monoisotopic (exact) mass is 823 g/mol. The van der Waals surface area contributed by atoms with E-state index >= 15 is 0 Å². The van der Waals surface area contributed by atoms with Crippen molar-refractivity contribution in [2.75, 3.05) is 51.8 Å². The average molecular weight is 824 g/mol. The third-order valence-electron chi connectivity index (χ3n) is 11.0. The summed E-state index contributed by atoms with van der Waals surface area (Å²) in [6.45, 7) is 13.7. The predicted molar refractivity (Wildman–Crippen MR) is 219 cm³/mol. The lowest BCUT2D eigenvalue weighted by molar-refractivity contribution is -0.139. The molecule has 4 aromatic rings. The fourth-order valence-corrected chi connectivity index (χ4v) is 7.83. The van der Waals surface area contributed by atoms with Gasteiger partial charge < -0.3 is 38.5 Å². The summed E-state index contributed by atoms with van der Waals surface area (Å²) >= 11 is 0. The second-order valence-electron chi connectivity index (χ2n) is 16.8. The minimum absolute atomic E-state index is 0.0304. The molecular formula is C43H56F3N7O6. The summed E-state index contributed by atoms with van der Waals surface area (Å²) in [5.41, 5.74) is 3.36. The number of benzene rings is 1. The number of piperazine rings is 1. The van der Waals surface area contributed by atoms with Crippen LogP contribution < -0.4 is 10.2 Å². The van der Waals surface area contributed by atoms with Gasteiger partial charge in [0, 0.05) is 60.7 Å². The van der Waals surface area contributed by atoms with E-state index in [0.717, 1.165) is 31.9 Å². The fraction of sp³-hybridized carbons (Fsp3) is 0.535. The number of nitrogens with one attached hydrogen (secondary N) is 1. The second kappa shape index (κ2) is 18.8. The summed E-state index contributed by atoms with van der Waals surface area (Å²) in [6.07, 6.45) is 0.716. The van der Waals surface area contributed by atoms with E-state index in [-0.39, 0.29) is 37.2 Å². The van der Waals surface area contributed by atoms with Crippen molar-refractivity contribution < 1.29 is 41.5 Å². The van der Waals surface area contributed by atoms with E-state index in [1.165, 1.54) is 22.7 Å². The number of fused-ring (bicyclic) bond motifs is 1. The minimum Gasteiger partial charge on any atom is -0.467 e. The second-order valence-corrected chi connectivity index (χ2v) is 16.8. The van der Waals surface area contributed by atoms with E-state index in [0.29, 0.717) is 70.3 Å². The largest absolute Gasteiger partial charge is 0.467 e. The molecule has 0 aliphatic carbocycles. The van der Waals surface area contributed by atoms with Gasteiger partial charge in [0.1, 0.15) is 18.9 Å². The molecular weight excluding hydrogens is 768 g/mol. The Morgan fingerprint density at radius 3 is 2.37 bits per heavy atom. The van der Waals surface area contributed by atoms with Crippen molar-refractivity contribution in [3.05, 3.63) is 53.8 Å². The van der Waals surface area contributed by atoms with Crippen LogP contribution in [-0.2, 0) is 43.3 Å². The van der Waals surface area contributed by atoms with E-state index in [1.807, 2.05) is 40.0 Å². The Morgan fingerprint density at radius 2 is 1.76 bits per heavy atom. The van der Waals surface area contributed by atoms with Gasteiger partial charge in [-0.1, -0.05) is 41.5 Å². The number of rotatable bonds is 19. The molecule has 3 unspecified atom stereocenters. The summed E-state index contributed by atoms with van der Waals surface area (Å²) in [6, 6.07) is 5.27. The number of oxazole rings is 1. The first-order valence-corrected chi connectivity index (χ1v) is 20.0. The van der Waals surface area contributed by atoms with Gasteiger partial charge in [-0.05, 0) is 61.6 Å². The Labute approximate surface area is 343 Å². The van der Waals surface area contributed by atoms with Crippen LogP contribution in [0, 0.1) is 11.3 Å². The van der Waals surface area contributed by atoms with Crippen molar-refractivity contribution in [1.82, 2.24) is 29.7 Å². The molecule has 320 valence electrons. The summed E-state index contributed by atoms with van der Waals surface area (Å²) in [4.78, 5) is 62.9. The molecule has 16 heteroatoms. The number of ether oxygens (including phenoxy) is 1. The van der Waals surface area contributed by atoms with Crippen LogP contribution in [0.4, 0.5) is 18.9 Å². The summed E-state index contributed by atoms with van der Waals surface area (Å²) in [5.74, 6) is -0.349. The molecule has 3 aromatic heterocycles. The highest BCUT2D eigenvalue weighted by Gasteiger charge is 2.35. The van der Waals surface area contributed by atoms with E-state index in [2.05, 4.69) is 27.1 Å². The Bertz CT molecular complexity index is 2100. The van der Waals surface area contributed by atoms with Crippen LogP contribution in [0.25, 0.3) is 33.5 Å². The third-order valence-corrected chi connectivity index (χ3v) is 11.0. The Hall–Kier alpha value is -5.25. The molecule has 5 rings (SSSR count). The van der Waals surface area contributed by atoms with Gasteiger partial charge in [-0.3, -0.25) is 19.4 Å². The van der Waals surface area contributed by atoms with Gasteiger partial charge >= 0.3 is 6.18 Å². The van der Waals surface area contributed by atoms with Crippen molar-refractivity contribution in [2.45, 2.75) is 91.5 Å². The fourth-order valence-electron chi connectivity index (χ4n) is 7.83. The number of anilines is 1. The molecule has 0 radical (unpaired) electrons. The molecule has 2 amide bonds. The van der Waals surface area contributed by atoms with E-state index in [9.17, 15) is 32.3 Å². The standard InChI is InChI=1S/C43H56F3N7O6/c1-9-28(4)38-33(18-31(20-48-38)52-14-12-50(7)13-15-52)40-34(19-42(5,6)24-58-26-56)32-16-29(10-11-35(32)53(40)23-43(44,45)46)36-21-47-37(59-36)17-30(22-54)49-41(57)39(27(2)3)51(8)25-55/h10-11,16,18,20-22,25-28,30,39H,9,12-15,17,19,23-24H2,1-8H3,(H,49,57). The zero-order chi connectivity index (χ0) is 43.2. The number of halogens is 3. The van der Waals surface area contributed by atoms with Crippen molar-refractivity contribution in [3.8, 4) is 22.6 Å². The van der Waals surface area contributed by atoms with Crippen molar-refractivity contribution >= 4 is 41.7 Å². The Morgan fingerprint density at radius 1 is 1.05 bits per heavy atom. The summed E-state index contributed by atoms with van der Waals surface area (Å²) < 4.78 is 56.8. The first kappa shape index (κ1) is 44.8. The number of hydrogen-bond acceptors (Lipinski definition) is 10. The quantitative estimate of drug-likeness (QED) is 0.108. The molecule has 1 aliphatic rings. The molecule has 0 bridgehead atoms. The average Bonchev–Trinajstić information content (AvgIpc) is 3.77. The van der Waals surface area contributed by atoms with Gasteiger partial charge in [-0.25, -0.2) is 4.98 Å². The molecule has 4 heterocycles. The number of alkyl halides is 3. The normalized spacial score (nSPS) is 15.6. The highest BCUT2D eigenvalue weighted by molar-refractivity contribution is 5.95. The van der Waals surface area contributed by atoms with Crippen LogP contribution in [0.1, 0.15) is 71.0 Å². The molecule has 1 fully saturated rings. The topological polar surface area (TPSA) is 143 Å². The van der Waals surface area contributed by atoms with Gasteiger partial charge in [-0.2, -0.15) is 13.2 Å². The molecule has 1 aliphatic heterocycles. The smallest absolute Gasteiger partial charge is 0.406 e. The van der Waals surface area contributed by atoms with Gasteiger partial charge in [0.25, 0.3) is 6.47 Å². The van der Waals surface area contributed by atoms with Crippen LogP contribution in [0.5, 0.6) is 0 Å². The van der Waals surface area contributed by atoms with Crippen LogP contribution in [0.3, 0.4) is 0 Å². The van der Waals surface area contributed by atoms with Crippen LogP contribution in [0.15, 0.2) is 41.1 Å². The van der Waals surface area contributed by atoms with E-state index in [1.54, 1.807) is 32.0 Å². The predicted octanol–water partition coefficient (Wildman–Crippen LogP) is 6.27. The summed E-state index contributed by atoms with van der Waals surface area (Å²) in [7, 11) is 3.55. The molecule has 59 heavy (non-hydrogen) atoms. The lowest BCUT2D eigenvalue weighted by Gasteiger charge is -2.34. The lowest BCUT2D eigenvalue weighted by atomic mass is 9.83. The maximum Gasteiger partial charge on any atom is 0.406 e. The molecule has 0 saturated carbocycles. The number of carbonyl (C=O) groups excluding carboxylic acids is 4. The molecule has 1 N–H and O–H groups in total. The number of aldehydes is 1. The minimum atomic E-state index is -4.58. The van der Waals surface area contributed by atoms with E-state index in [4.69, 9.17) is 14.1 Å². The van der Waals surface area contributed by atoms with Crippen molar-refractivity contribution in [2.24, 2.45) is 11.3 Å². The number of amides is 2. The van der Waals surface area contributed by atoms with Gasteiger partial charge in [0.2, 0.25) is 12.3 Å². The number of pyridine rings is 1. The number of nitrogens with zero attached hydrogens (tertiary/aromatic N) is 6. The van der Waals surface area contributed by atoms with Crippen molar-refractivity contribution in [3.63, 3.8) is 0 Å². The number of carbonyl (C=O) groups is 4. The van der Waals surface area contributed by atoms with Gasteiger partial charge in [0.05, 0.1) is 48.5 Å². The first-order chi connectivity index (χ1) is 27.9. The lowest BCUT2D eigenvalue weighted by Crippen LogP contribution is -2.51. The highest BCUT2D eigenvalue weighted by atomic mass is 19.4. The van der Waals surface area contributed by atoms with E-state index < -0.39 is 36.1 Å². The number of hydrogen-bond donors (Lipinski definition) is 1. The molecule has 3 atom stereocenters. The zero-order valence-corrected chi connectivity index (χ0v) is 35.1. The summed E-state index contributed by atoms with van der Waals surface area (Å²) in [5, 5.41) is 3.22. The molecule has 13 nitrogen and oxygen atoms in total. The van der Waals surface area contributed by atoms with Crippen LogP contribution in [0.2, 0.25) is 0 Å². The van der Waals surface area contributed by atoms with Gasteiger partial charge in [0.15, 0.2) is 11.7 Å². The zero-order valence-electron chi connectivity index (χ0n) is 35.1. The maximum atomic E-state index is 14.7. The number of aromatic nitrogens is 3. The third kappa shape index (κ3) is 10.7. The van der Waals surface area contributed by atoms with Gasteiger partial charge in [-0.15, -0.1) is 0 Å². The van der Waals surface area contributed by atoms with Crippen molar-refractivity contribution in [1.29, 1.82) is 0 Å². The molecule has 1 aromatic carbocycles. The Kier molecular flexibility index (Phi) is 14.3. The first-order valence-electron chi connectivity index (χ1n) is 20.0.